The van der Waals surface area contributed by atoms with Crippen LogP contribution in [0.1, 0.15) is 11.1 Å². The Labute approximate surface area is 199 Å². The third-order valence-corrected chi connectivity index (χ3v) is 5.64. The van der Waals surface area contributed by atoms with Crippen molar-refractivity contribution in [2.75, 3.05) is 13.7 Å². The molecule has 1 fully saturated rings. The van der Waals surface area contributed by atoms with Gasteiger partial charge in [-0.05, 0) is 35.4 Å². The first-order valence-corrected chi connectivity index (χ1v) is 11.2. The average molecular weight is 467 g/mol. The molecule has 1 aliphatic heterocycles. The Morgan fingerprint density at radius 1 is 0.735 bits per heavy atom. The summed E-state index contributed by atoms with van der Waals surface area (Å²) < 4.78 is 29.0. The Hall–Kier alpha value is -2.94. The molecule has 0 aliphatic carbocycles. The van der Waals surface area contributed by atoms with Crippen LogP contribution in [0.5, 0.6) is 11.5 Å². The highest BCUT2D eigenvalue weighted by Crippen LogP contribution is 2.28. The predicted octanol–water partition coefficient (Wildman–Crippen LogP) is 3.32. The van der Waals surface area contributed by atoms with Crippen LogP contribution in [0.4, 0.5) is 0 Å². The molecule has 5 atom stereocenters. The predicted molar refractivity (Wildman–Crippen MR) is 125 cm³/mol. The van der Waals surface area contributed by atoms with Gasteiger partial charge in [-0.3, -0.25) is 0 Å². The van der Waals surface area contributed by atoms with Crippen molar-refractivity contribution in [3.05, 3.63) is 96.1 Å². The van der Waals surface area contributed by atoms with Gasteiger partial charge in [0.2, 0.25) is 6.29 Å². The number of aliphatic hydroxyl groups excluding tert-OH is 2. The molecule has 0 spiro atoms. The molecule has 0 aromatic heterocycles. The molecule has 7 nitrogen and oxygen atoms in total. The number of aliphatic hydroxyl groups is 2. The lowest BCUT2D eigenvalue weighted by Gasteiger charge is -2.42. The fraction of sp³-hybridized carbons (Fsp3) is 0.333. The van der Waals surface area contributed by atoms with Crippen LogP contribution in [0, 0.1) is 0 Å². The molecule has 7 heteroatoms. The number of ether oxygens (including phenoxy) is 5. The van der Waals surface area contributed by atoms with Gasteiger partial charge in [0, 0.05) is 0 Å². The number of methoxy groups -OCH3 is 1. The maximum atomic E-state index is 10.9. The lowest BCUT2D eigenvalue weighted by molar-refractivity contribution is -0.292. The molecule has 0 bridgehead atoms. The Bertz CT molecular complexity index is 979. The maximum Gasteiger partial charge on any atom is 0.229 e. The van der Waals surface area contributed by atoms with E-state index in [1.54, 1.807) is 31.4 Å². The normalized spacial score (nSPS) is 24.5. The van der Waals surface area contributed by atoms with Gasteiger partial charge in [-0.15, -0.1) is 0 Å². The van der Waals surface area contributed by atoms with Crippen LogP contribution in [0.3, 0.4) is 0 Å². The summed E-state index contributed by atoms with van der Waals surface area (Å²) in [6.07, 6.45) is -5.10. The number of hydrogen-bond donors (Lipinski definition) is 2. The summed E-state index contributed by atoms with van der Waals surface area (Å²) >= 11 is 0. The van der Waals surface area contributed by atoms with Crippen molar-refractivity contribution >= 4 is 0 Å². The van der Waals surface area contributed by atoms with E-state index in [1.165, 1.54) is 0 Å². The molecule has 1 saturated heterocycles. The Morgan fingerprint density at radius 2 is 1.32 bits per heavy atom. The maximum absolute atomic E-state index is 10.9. The molecule has 0 amide bonds. The second-order valence-corrected chi connectivity index (χ2v) is 8.08. The second-order valence-electron chi connectivity index (χ2n) is 8.08. The van der Waals surface area contributed by atoms with E-state index in [0.717, 1.165) is 11.1 Å². The largest absolute Gasteiger partial charge is 0.497 e. The van der Waals surface area contributed by atoms with E-state index < -0.39 is 30.7 Å². The van der Waals surface area contributed by atoms with Crippen LogP contribution in [-0.4, -0.2) is 54.6 Å². The molecular formula is C27H30O7. The smallest absolute Gasteiger partial charge is 0.229 e. The third-order valence-electron chi connectivity index (χ3n) is 5.64. The minimum absolute atomic E-state index is 0.0843. The van der Waals surface area contributed by atoms with Crippen molar-refractivity contribution in [1.29, 1.82) is 0 Å². The first-order chi connectivity index (χ1) is 16.6. The van der Waals surface area contributed by atoms with Crippen molar-refractivity contribution in [3.8, 4) is 11.5 Å². The summed E-state index contributed by atoms with van der Waals surface area (Å²) in [5.41, 5.74) is 1.93. The van der Waals surface area contributed by atoms with Gasteiger partial charge in [0.25, 0.3) is 0 Å². The quantitative estimate of drug-likeness (QED) is 0.474. The van der Waals surface area contributed by atoms with Crippen LogP contribution >= 0.6 is 0 Å². The minimum Gasteiger partial charge on any atom is -0.497 e. The minimum atomic E-state index is -1.23. The van der Waals surface area contributed by atoms with E-state index in [0.29, 0.717) is 18.1 Å². The van der Waals surface area contributed by atoms with E-state index in [4.69, 9.17) is 23.7 Å². The molecule has 0 unspecified atom stereocenters. The van der Waals surface area contributed by atoms with Crippen LogP contribution in [0.25, 0.3) is 0 Å². The molecule has 4 rings (SSSR count). The van der Waals surface area contributed by atoms with E-state index >= 15 is 0 Å². The summed E-state index contributed by atoms with van der Waals surface area (Å²) in [6, 6.07) is 26.3. The van der Waals surface area contributed by atoms with Gasteiger partial charge in [0.1, 0.15) is 35.9 Å². The fourth-order valence-corrected chi connectivity index (χ4v) is 3.74. The first-order valence-electron chi connectivity index (χ1n) is 11.2. The van der Waals surface area contributed by atoms with Crippen molar-refractivity contribution in [3.63, 3.8) is 0 Å². The Kier molecular flexibility index (Phi) is 8.51. The zero-order valence-electron chi connectivity index (χ0n) is 19.0. The van der Waals surface area contributed by atoms with Gasteiger partial charge in [0.15, 0.2) is 0 Å². The molecule has 0 saturated carbocycles. The van der Waals surface area contributed by atoms with Gasteiger partial charge < -0.3 is 33.9 Å². The van der Waals surface area contributed by atoms with Gasteiger partial charge in [0.05, 0.1) is 26.9 Å². The summed E-state index contributed by atoms with van der Waals surface area (Å²) in [7, 11) is 1.59. The highest BCUT2D eigenvalue weighted by molar-refractivity contribution is 5.31. The van der Waals surface area contributed by atoms with Crippen LogP contribution in [0.15, 0.2) is 84.9 Å². The lowest BCUT2D eigenvalue weighted by atomic mass is 9.99. The van der Waals surface area contributed by atoms with Crippen molar-refractivity contribution in [1.82, 2.24) is 0 Å². The summed E-state index contributed by atoms with van der Waals surface area (Å²) in [6.45, 7) is 0.679. The molecule has 34 heavy (non-hydrogen) atoms. The number of benzene rings is 3. The SMILES string of the molecule is COc1ccc(O[C@H]2O[C@H](COCc3ccccc3)[C@H](O)[C@H](O)[C@H]2OCc2ccccc2)cc1. The van der Waals surface area contributed by atoms with Crippen LogP contribution < -0.4 is 9.47 Å². The number of hydrogen-bond acceptors (Lipinski definition) is 7. The van der Waals surface area contributed by atoms with E-state index in [-0.39, 0.29) is 13.2 Å². The van der Waals surface area contributed by atoms with Gasteiger partial charge in [-0.25, -0.2) is 0 Å². The molecular weight excluding hydrogens is 436 g/mol. The second kappa shape index (κ2) is 12.0. The highest BCUT2D eigenvalue weighted by atomic mass is 16.7. The van der Waals surface area contributed by atoms with E-state index in [1.807, 2.05) is 60.7 Å². The zero-order chi connectivity index (χ0) is 23.8. The van der Waals surface area contributed by atoms with Gasteiger partial charge >= 0.3 is 0 Å². The van der Waals surface area contributed by atoms with Crippen molar-refractivity contribution in [2.24, 2.45) is 0 Å². The van der Waals surface area contributed by atoms with Crippen molar-refractivity contribution < 1.29 is 33.9 Å². The van der Waals surface area contributed by atoms with Crippen LogP contribution in [0.2, 0.25) is 0 Å². The third kappa shape index (κ3) is 6.34. The average Bonchev–Trinajstić information content (AvgIpc) is 2.88. The summed E-state index contributed by atoms with van der Waals surface area (Å²) in [4.78, 5) is 0. The molecule has 1 aliphatic rings. The van der Waals surface area contributed by atoms with Crippen LogP contribution in [-0.2, 0) is 27.4 Å². The standard InChI is InChI=1S/C27H30O7/c1-30-21-12-14-22(15-13-21)33-27-26(32-17-20-10-6-3-7-11-20)25(29)24(28)23(34-27)18-31-16-19-8-4-2-5-9-19/h2-15,23-29H,16-18H2,1H3/t23-,24+,25+,26-,27+/m1/s1. The zero-order valence-corrected chi connectivity index (χ0v) is 19.0. The Balaban J connectivity index is 1.45. The molecule has 1 heterocycles. The highest BCUT2D eigenvalue weighted by Gasteiger charge is 2.46. The fourth-order valence-electron chi connectivity index (χ4n) is 3.74. The van der Waals surface area contributed by atoms with Gasteiger partial charge in [-0.1, -0.05) is 60.7 Å². The lowest BCUT2D eigenvalue weighted by Crippen LogP contribution is -2.61. The molecule has 2 N–H and O–H groups in total. The molecule has 3 aromatic rings. The molecule has 3 aromatic carbocycles. The molecule has 180 valence electrons. The van der Waals surface area contributed by atoms with Gasteiger partial charge in [-0.2, -0.15) is 0 Å². The topological polar surface area (TPSA) is 86.6 Å². The first kappa shape index (κ1) is 24.2. The Morgan fingerprint density at radius 3 is 1.94 bits per heavy atom. The van der Waals surface area contributed by atoms with Crippen molar-refractivity contribution in [2.45, 2.75) is 43.9 Å². The monoisotopic (exact) mass is 466 g/mol. The summed E-state index contributed by atoms with van der Waals surface area (Å²) in [5.74, 6) is 1.21. The molecule has 0 radical (unpaired) electrons. The van der Waals surface area contributed by atoms with E-state index in [9.17, 15) is 10.2 Å². The van der Waals surface area contributed by atoms with E-state index in [2.05, 4.69) is 0 Å². The number of rotatable bonds is 10. The summed E-state index contributed by atoms with van der Waals surface area (Å²) in [5, 5.41) is 21.7.